The van der Waals surface area contributed by atoms with Gasteiger partial charge in [-0.15, -0.1) is 0 Å². The Morgan fingerprint density at radius 1 is 1.12 bits per heavy atom. The van der Waals surface area contributed by atoms with Crippen LogP contribution in [0.15, 0.2) is 65.8 Å². The molecule has 0 saturated carbocycles. The molecule has 0 unspecified atom stereocenters. The second kappa shape index (κ2) is 14.9. The fourth-order valence-corrected chi connectivity index (χ4v) is 10.6. The zero-order valence-corrected chi connectivity index (χ0v) is 31.4. The molecule has 1 fully saturated rings. The van der Waals surface area contributed by atoms with Gasteiger partial charge in [0.1, 0.15) is 6.10 Å². The molecule has 3 heterocycles. The van der Waals surface area contributed by atoms with E-state index < -0.39 is 43.5 Å². The summed E-state index contributed by atoms with van der Waals surface area (Å²) in [5.41, 5.74) is 4.15. The number of anilines is 2. The zero-order chi connectivity index (χ0) is 36.5. The van der Waals surface area contributed by atoms with Crippen molar-refractivity contribution in [2.24, 2.45) is 5.92 Å². The van der Waals surface area contributed by atoms with Crippen molar-refractivity contribution in [3.05, 3.63) is 82.5 Å². The van der Waals surface area contributed by atoms with Gasteiger partial charge in [-0.2, -0.15) is 0 Å². The molecule has 1 saturated heterocycles. The molecule has 2 aromatic rings. The summed E-state index contributed by atoms with van der Waals surface area (Å²) in [6.07, 6.45) is 4.47. The molecule has 50 heavy (non-hydrogen) atoms. The Kier molecular flexibility index (Phi) is 11.2. The van der Waals surface area contributed by atoms with Gasteiger partial charge in [-0.1, -0.05) is 54.5 Å². The number of nitrogens with zero attached hydrogens (tertiary/aromatic N) is 2. The Bertz CT molecular complexity index is 1680. The number of aliphatic hydroxyl groups excluding tert-OH is 2. The number of fused-ring (bicyclic) bond motifs is 3. The van der Waals surface area contributed by atoms with Crippen LogP contribution in [0, 0.1) is 5.92 Å². The molecular weight excluding hydrogens is 651 g/mol. The summed E-state index contributed by atoms with van der Waals surface area (Å²) in [7, 11) is -3.07. The molecule has 2 aromatic carbocycles. The van der Waals surface area contributed by atoms with Gasteiger partial charge in [-0.3, -0.25) is 14.4 Å². The van der Waals surface area contributed by atoms with E-state index in [0.29, 0.717) is 36.4 Å². The van der Waals surface area contributed by atoms with Crippen molar-refractivity contribution < 1.29 is 34.1 Å². The molecule has 3 aliphatic rings. The molecule has 270 valence electrons. The van der Waals surface area contributed by atoms with Gasteiger partial charge in [-0.05, 0) is 89.4 Å². The van der Waals surface area contributed by atoms with Gasteiger partial charge < -0.3 is 34.9 Å². The monoisotopic (exact) mass is 703 g/mol. The van der Waals surface area contributed by atoms with Crippen LogP contribution in [0.1, 0.15) is 70.6 Å². The van der Waals surface area contributed by atoms with Gasteiger partial charge in [0, 0.05) is 35.8 Å². The molecule has 11 heteroatoms. The normalized spacial score (nSPS) is 25.4. The SMILES string of the molecule is CC(C)=CCC/C(C)=C/CN1C(=O)[C@]2(O[C@H](CC(=O)N3Cc4ccccc4C[C@H]3CO)[C@@H]([Si](C)(C)O)[C@@H]2C)c2cc(NC(=O)[C@H](C)O)ccc21. The van der Waals surface area contributed by atoms with Crippen LogP contribution in [0.5, 0.6) is 0 Å². The fraction of sp³-hybridized carbons (Fsp3) is 0.513. The van der Waals surface area contributed by atoms with Crippen LogP contribution in [0.4, 0.5) is 11.4 Å². The first-order valence-corrected chi connectivity index (χ1v) is 20.7. The number of amides is 3. The maximum absolute atomic E-state index is 14.8. The summed E-state index contributed by atoms with van der Waals surface area (Å²) in [6.45, 7) is 13.6. The third-order valence-corrected chi connectivity index (χ3v) is 13.1. The third-order valence-electron chi connectivity index (χ3n) is 10.6. The molecule has 3 aliphatic heterocycles. The second-order valence-corrected chi connectivity index (χ2v) is 19.1. The lowest BCUT2D eigenvalue weighted by atomic mass is 9.82. The van der Waals surface area contributed by atoms with Gasteiger partial charge in [0.15, 0.2) is 13.9 Å². The number of hydrogen-bond acceptors (Lipinski definition) is 7. The van der Waals surface area contributed by atoms with Crippen molar-refractivity contribution in [3.63, 3.8) is 0 Å². The van der Waals surface area contributed by atoms with Crippen LogP contribution in [0.3, 0.4) is 0 Å². The van der Waals surface area contributed by atoms with Gasteiger partial charge in [0.2, 0.25) is 5.91 Å². The van der Waals surface area contributed by atoms with Crippen molar-refractivity contribution in [3.8, 4) is 0 Å². The second-order valence-electron chi connectivity index (χ2n) is 15.1. The first-order valence-electron chi connectivity index (χ1n) is 17.7. The summed E-state index contributed by atoms with van der Waals surface area (Å²) in [4.78, 5) is 56.6. The van der Waals surface area contributed by atoms with Crippen LogP contribution in [-0.2, 0) is 37.7 Å². The summed E-state index contributed by atoms with van der Waals surface area (Å²) in [5.74, 6) is -1.57. The molecule has 0 aromatic heterocycles. The van der Waals surface area contributed by atoms with Crippen molar-refractivity contribution >= 4 is 37.4 Å². The minimum absolute atomic E-state index is 0.0587. The van der Waals surface area contributed by atoms with Gasteiger partial charge in [-0.25, -0.2) is 0 Å². The van der Waals surface area contributed by atoms with Crippen LogP contribution in [-0.4, -0.2) is 77.3 Å². The smallest absolute Gasteiger partial charge is 0.264 e. The van der Waals surface area contributed by atoms with Gasteiger partial charge in [0.25, 0.3) is 11.8 Å². The molecule has 3 amide bonds. The van der Waals surface area contributed by atoms with E-state index >= 15 is 0 Å². The summed E-state index contributed by atoms with van der Waals surface area (Å²) in [5, 5.41) is 22.9. The lowest BCUT2D eigenvalue weighted by Gasteiger charge is -2.37. The minimum atomic E-state index is -3.07. The maximum Gasteiger partial charge on any atom is 0.264 e. The highest BCUT2D eigenvalue weighted by atomic mass is 28.4. The number of ether oxygens (including phenoxy) is 1. The number of allylic oxidation sites excluding steroid dienone is 3. The largest absolute Gasteiger partial charge is 0.432 e. The number of rotatable bonds is 11. The Morgan fingerprint density at radius 3 is 2.46 bits per heavy atom. The van der Waals surface area contributed by atoms with E-state index in [9.17, 15) is 29.4 Å². The van der Waals surface area contributed by atoms with E-state index in [4.69, 9.17) is 4.74 Å². The van der Waals surface area contributed by atoms with E-state index in [2.05, 4.69) is 38.2 Å². The van der Waals surface area contributed by atoms with E-state index in [-0.39, 0.29) is 30.9 Å². The average molecular weight is 704 g/mol. The zero-order valence-electron chi connectivity index (χ0n) is 30.4. The number of carbonyl (C=O) groups excluding carboxylic acids is 3. The van der Waals surface area contributed by atoms with Gasteiger partial charge >= 0.3 is 0 Å². The average Bonchev–Trinajstić information content (AvgIpc) is 3.48. The summed E-state index contributed by atoms with van der Waals surface area (Å²) < 4.78 is 6.92. The highest BCUT2D eigenvalue weighted by molar-refractivity contribution is 6.71. The molecule has 5 rings (SSSR count). The predicted molar refractivity (Wildman–Crippen MR) is 197 cm³/mol. The van der Waals surface area contributed by atoms with Crippen LogP contribution >= 0.6 is 0 Å². The Labute approximate surface area is 296 Å². The number of benzene rings is 2. The molecular formula is C39H53N3O7Si. The number of carbonyl (C=O) groups is 3. The predicted octanol–water partition coefficient (Wildman–Crippen LogP) is 5.18. The minimum Gasteiger partial charge on any atom is -0.432 e. The lowest BCUT2D eigenvalue weighted by molar-refractivity contribution is -0.150. The summed E-state index contributed by atoms with van der Waals surface area (Å²) in [6, 6.07) is 12.7. The molecule has 0 radical (unpaired) electrons. The number of aliphatic hydroxyl groups is 2. The molecule has 6 atom stereocenters. The Hall–Kier alpha value is -3.61. The summed E-state index contributed by atoms with van der Waals surface area (Å²) >= 11 is 0. The van der Waals surface area contributed by atoms with Crippen molar-refractivity contribution in [2.75, 3.05) is 23.4 Å². The molecule has 4 N–H and O–H groups in total. The van der Waals surface area contributed by atoms with E-state index in [1.54, 1.807) is 28.0 Å². The molecule has 0 bridgehead atoms. The van der Waals surface area contributed by atoms with Crippen molar-refractivity contribution in [2.45, 2.75) is 109 Å². The maximum atomic E-state index is 14.8. The van der Waals surface area contributed by atoms with Crippen LogP contribution in [0.2, 0.25) is 18.6 Å². The molecule has 1 spiro atoms. The van der Waals surface area contributed by atoms with E-state index in [1.165, 1.54) is 12.5 Å². The number of nitrogens with one attached hydrogen (secondary N) is 1. The Morgan fingerprint density at radius 2 is 1.82 bits per heavy atom. The van der Waals surface area contributed by atoms with Crippen molar-refractivity contribution in [1.82, 2.24) is 4.90 Å². The van der Waals surface area contributed by atoms with E-state index in [0.717, 1.165) is 29.5 Å². The molecule has 0 aliphatic carbocycles. The van der Waals surface area contributed by atoms with Crippen LogP contribution < -0.4 is 10.2 Å². The standard InChI is InChI=1S/C39H53N3O7Si/c1-24(2)11-10-12-25(3)17-18-41-33-16-15-30(40-37(46)27(5)44)20-32(33)39(38(41)47)26(4)36(50(6,7)48)34(49-39)21-35(45)42-22-29-14-9-8-13-28(29)19-31(42)23-43/h8-9,11,13-17,20,26-27,31,34,36,43-44,48H,10,12,18-19,21-23H2,1-7H3,(H,40,46)/b25-17+/t26-,27-,31-,34+,36-,39+/m0/s1. The Balaban J connectivity index is 1.52. The molecule has 10 nitrogen and oxygen atoms in total. The van der Waals surface area contributed by atoms with E-state index in [1.807, 2.05) is 44.3 Å². The highest BCUT2D eigenvalue weighted by Crippen LogP contribution is 2.60. The highest BCUT2D eigenvalue weighted by Gasteiger charge is 2.66. The fourth-order valence-electron chi connectivity index (χ4n) is 8.05. The third kappa shape index (κ3) is 7.38. The quantitative estimate of drug-likeness (QED) is 0.187. The van der Waals surface area contributed by atoms with Crippen molar-refractivity contribution in [1.29, 1.82) is 0 Å². The lowest BCUT2D eigenvalue weighted by Crippen LogP contribution is -2.48. The number of hydrogen-bond donors (Lipinski definition) is 4. The van der Waals surface area contributed by atoms with Crippen LogP contribution in [0.25, 0.3) is 0 Å². The first kappa shape index (κ1) is 37.6. The first-order chi connectivity index (χ1) is 23.6. The topological polar surface area (TPSA) is 140 Å². The van der Waals surface area contributed by atoms with Gasteiger partial charge in [0.05, 0.1) is 30.9 Å².